The number of unbranched alkanes of at least 4 members (excludes halogenated alkanes) is 1. The lowest BCUT2D eigenvalue weighted by molar-refractivity contribution is 0.0948. The van der Waals surface area contributed by atoms with Gasteiger partial charge in [-0.3, -0.25) is 4.79 Å². The molecule has 2 N–H and O–H groups in total. The minimum absolute atomic E-state index is 0. The van der Waals surface area contributed by atoms with E-state index in [1.165, 1.54) is 12.0 Å². The summed E-state index contributed by atoms with van der Waals surface area (Å²) < 4.78 is 5.55. The Hall–Kier alpha value is -2.21. The molecule has 1 aromatic heterocycles. The molecule has 3 aromatic rings. The molecule has 1 amide bonds. The fourth-order valence-electron chi connectivity index (χ4n) is 4.72. The molecule has 0 spiro atoms. The van der Waals surface area contributed by atoms with Crippen molar-refractivity contribution in [2.75, 3.05) is 33.3 Å². The van der Waals surface area contributed by atoms with Gasteiger partial charge in [0.05, 0.1) is 7.11 Å². The Kier molecular flexibility index (Phi) is 9.69. The van der Waals surface area contributed by atoms with Crippen LogP contribution in [0.5, 0.6) is 5.75 Å². The number of hydrogen-bond donors (Lipinski definition) is 2. The van der Waals surface area contributed by atoms with E-state index in [0.717, 1.165) is 60.6 Å². The fourth-order valence-corrected chi connectivity index (χ4v) is 4.90. The van der Waals surface area contributed by atoms with Gasteiger partial charge in [-0.25, -0.2) is 0 Å². The molecule has 0 bridgehead atoms. The molecule has 1 aliphatic rings. The largest absolute Gasteiger partial charge is 0.496 e. The van der Waals surface area contributed by atoms with Gasteiger partial charge in [-0.2, -0.15) is 0 Å². The van der Waals surface area contributed by atoms with E-state index in [9.17, 15) is 4.79 Å². The van der Waals surface area contributed by atoms with Gasteiger partial charge in [-0.15, -0.1) is 12.4 Å². The molecule has 1 aliphatic carbocycles. The van der Waals surface area contributed by atoms with Crippen molar-refractivity contribution in [1.82, 2.24) is 15.2 Å². The first kappa shape index (κ1) is 26.4. The van der Waals surface area contributed by atoms with Crippen LogP contribution in [0.25, 0.3) is 10.9 Å². The van der Waals surface area contributed by atoms with Gasteiger partial charge in [-0.1, -0.05) is 36.7 Å². The third-order valence-electron chi connectivity index (χ3n) is 6.51. The van der Waals surface area contributed by atoms with Crippen LogP contribution in [-0.4, -0.2) is 49.1 Å². The molecule has 7 heteroatoms. The van der Waals surface area contributed by atoms with Gasteiger partial charge in [0.15, 0.2) is 0 Å². The predicted octanol–water partition coefficient (Wildman–Crippen LogP) is 6.28. The van der Waals surface area contributed by atoms with Gasteiger partial charge < -0.3 is 19.9 Å². The van der Waals surface area contributed by atoms with Crippen molar-refractivity contribution in [1.29, 1.82) is 0 Å². The number of H-pyrrole nitrogens is 1. The van der Waals surface area contributed by atoms with Gasteiger partial charge in [0.2, 0.25) is 0 Å². The summed E-state index contributed by atoms with van der Waals surface area (Å²) in [6.07, 6.45) is 4.39. The second kappa shape index (κ2) is 12.5. The second-order valence-corrected chi connectivity index (χ2v) is 9.46. The Morgan fingerprint density at radius 2 is 2.00 bits per heavy atom. The number of carbonyl (C=O) groups excluding carboxylic acids is 1. The molecule has 0 radical (unpaired) electrons. The smallest absolute Gasteiger partial charge is 0.267 e. The topological polar surface area (TPSA) is 57.4 Å². The van der Waals surface area contributed by atoms with Crippen LogP contribution in [0.15, 0.2) is 48.5 Å². The number of aromatic amines is 1. The summed E-state index contributed by atoms with van der Waals surface area (Å²) in [6, 6.07) is 15.8. The second-order valence-electron chi connectivity index (χ2n) is 9.02. The van der Waals surface area contributed by atoms with E-state index in [1.54, 1.807) is 7.11 Å². The predicted molar refractivity (Wildman–Crippen MR) is 143 cm³/mol. The lowest BCUT2D eigenvalue weighted by Gasteiger charge is -2.22. The van der Waals surface area contributed by atoms with E-state index in [4.69, 9.17) is 16.3 Å². The van der Waals surface area contributed by atoms with E-state index >= 15 is 0 Å². The summed E-state index contributed by atoms with van der Waals surface area (Å²) in [6.45, 7) is 6.21. The number of ether oxygens (including phenoxy) is 1. The number of carbonyl (C=O) groups is 1. The van der Waals surface area contributed by atoms with Crippen molar-refractivity contribution in [2.24, 2.45) is 5.92 Å². The number of aromatic nitrogens is 1. The summed E-state index contributed by atoms with van der Waals surface area (Å²) in [4.78, 5) is 18.2. The van der Waals surface area contributed by atoms with E-state index in [2.05, 4.69) is 28.2 Å². The van der Waals surface area contributed by atoms with Crippen LogP contribution < -0.4 is 10.1 Å². The first-order chi connectivity index (χ1) is 16.1. The Morgan fingerprint density at radius 1 is 1.18 bits per heavy atom. The van der Waals surface area contributed by atoms with Gasteiger partial charge in [0.25, 0.3) is 5.91 Å². The molecular weight excluding hydrogens is 469 g/mol. The maximum Gasteiger partial charge on any atom is 0.267 e. The highest BCUT2D eigenvalue weighted by Crippen LogP contribution is 2.51. The number of hydrogen-bond acceptors (Lipinski definition) is 3. The number of halogens is 2. The number of rotatable bonds is 12. The standard InChI is InChI=1S/C27H34ClN3O2.ClH/c1-3-13-31(18-20-15-22(20)23-17-21(28)10-11-26(23)33-2)14-7-6-12-29-27(32)25-16-19-8-4-5-9-24(19)30-25;/h4-5,8-11,16-17,20,22,30H,3,6-7,12-15,18H2,1-2H3,(H,29,32);1H. The lowest BCUT2D eigenvalue weighted by Crippen LogP contribution is -2.30. The summed E-state index contributed by atoms with van der Waals surface area (Å²) in [7, 11) is 1.73. The number of fused-ring (bicyclic) bond motifs is 1. The minimum atomic E-state index is -0.0343. The monoisotopic (exact) mass is 503 g/mol. The molecule has 0 aliphatic heterocycles. The zero-order valence-corrected chi connectivity index (χ0v) is 21.6. The number of para-hydroxylation sites is 1. The Bertz CT molecular complexity index is 1050. The first-order valence-electron chi connectivity index (χ1n) is 12.0. The van der Waals surface area contributed by atoms with Crippen LogP contribution >= 0.6 is 24.0 Å². The molecule has 1 fully saturated rings. The molecular formula is C27H35Cl2N3O2. The van der Waals surface area contributed by atoms with E-state index in [1.807, 2.05) is 42.5 Å². The number of benzene rings is 2. The highest BCUT2D eigenvalue weighted by atomic mass is 35.5. The summed E-state index contributed by atoms with van der Waals surface area (Å²) in [5.74, 6) is 2.10. The van der Waals surface area contributed by atoms with Gasteiger partial charge in [0.1, 0.15) is 11.4 Å². The number of methoxy groups -OCH3 is 1. The lowest BCUT2D eigenvalue weighted by atomic mass is 10.1. The molecule has 184 valence electrons. The molecule has 1 heterocycles. The van der Waals surface area contributed by atoms with Crippen LogP contribution in [0.1, 0.15) is 54.6 Å². The van der Waals surface area contributed by atoms with Crippen LogP contribution in [0.2, 0.25) is 5.02 Å². The zero-order valence-electron chi connectivity index (χ0n) is 20.0. The minimum Gasteiger partial charge on any atom is -0.496 e. The maximum absolute atomic E-state index is 12.4. The van der Waals surface area contributed by atoms with Crippen molar-refractivity contribution in [3.8, 4) is 5.75 Å². The van der Waals surface area contributed by atoms with Gasteiger partial charge >= 0.3 is 0 Å². The van der Waals surface area contributed by atoms with Crippen molar-refractivity contribution < 1.29 is 9.53 Å². The highest BCUT2D eigenvalue weighted by Gasteiger charge is 2.40. The van der Waals surface area contributed by atoms with Crippen molar-refractivity contribution in [3.63, 3.8) is 0 Å². The zero-order chi connectivity index (χ0) is 23.2. The highest BCUT2D eigenvalue weighted by molar-refractivity contribution is 6.30. The Balaban J connectivity index is 0.00000324. The summed E-state index contributed by atoms with van der Waals surface area (Å²) in [5, 5.41) is 4.89. The molecule has 34 heavy (non-hydrogen) atoms. The molecule has 4 rings (SSSR count). The average molecular weight is 505 g/mol. The average Bonchev–Trinajstić information content (AvgIpc) is 3.44. The van der Waals surface area contributed by atoms with Crippen molar-refractivity contribution >= 4 is 40.8 Å². The van der Waals surface area contributed by atoms with Crippen LogP contribution in [-0.2, 0) is 0 Å². The normalized spacial score (nSPS) is 16.9. The van der Waals surface area contributed by atoms with Crippen LogP contribution in [0.4, 0.5) is 0 Å². The van der Waals surface area contributed by atoms with Crippen LogP contribution in [0, 0.1) is 5.92 Å². The molecule has 2 aromatic carbocycles. The number of nitrogens with one attached hydrogen (secondary N) is 2. The molecule has 2 unspecified atom stereocenters. The third kappa shape index (κ3) is 6.68. The SMILES string of the molecule is CCCN(CCCCNC(=O)c1cc2ccccc2[nH]1)CC1CC1c1cc(Cl)ccc1OC.Cl. The Morgan fingerprint density at radius 3 is 2.76 bits per heavy atom. The molecule has 2 atom stereocenters. The summed E-state index contributed by atoms with van der Waals surface area (Å²) in [5.41, 5.74) is 2.86. The third-order valence-corrected chi connectivity index (χ3v) is 6.74. The quantitative estimate of drug-likeness (QED) is 0.286. The van der Waals surface area contributed by atoms with Gasteiger partial charge in [0, 0.05) is 29.0 Å². The number of nitrogens with zero attached hydrogens (tertiary/aromatic N) is 1. The molecule has 5 nitrogen and oxygen atoms in total. The molecule has 1 saturated carbocycles. The fraction of sp³-hybridized carbons (Fsp3) is 0.444. The first-order valence-corrected chi connectivity index (χ1v) is 12.4. The van der Waals surface area contributed by atoms with Crippen molar-refractivity contribution in [2.45, 2.75) is 38.5 Å². The van der Waals surface area contributed by atoms with Crippen LogP contribution in [0.3, 0.4) is 0 Å². The Labute approximate surface area is 213 Å². The number of amides is 1. The van der Waals surface area contributed by atoms with Gasteiger partial charge in [-0.05, 0) is 86.5 Å². The van der Waals surface area contributed by atoms with Crippen molar-refractivity contribution in [3.05, 3.63) is 64.8 Å². The van der Waals surface area contributed by atoms with E-state index in [-0.39, 0.29) is 18.3 Å². The maximum atomic E-state index is 12.4. The summed E-state index contributed by atoms with van der Waals surface area (Å²) >= 11 is 6.23. The molecule has 0 saturated heterocycles. The van der Waals surface area contributed by atoms with E-state index in [0.29, 0.717) is 24.1 Å². The van der Waals surface area contributed by atoms with E-state index < -0.39 is 0 Å².